The first kappa shape index (κ1) is 17.5. The number of hydrogen-bond donors (Lipinski definition) is 2. The predicted molar refractivity (Wildman–Crippen MR) is 92.0 cm³/mol. The molecule has 0 aromatic carbocycles. The van der Waals surface area contributed by atoms with Crippen LogP contribution in [0.25, 0.3) is 0 Å². The highest BCUT2D eigenvalue weighted by molar-refractivity contribution is 5.81. The highest BCUT2D eigenvalue weighted by atomic mass is 16.5. The molecular weight excluding hydrogens is 308 g/mol. The maximum absolute atomic E-state index is 11.7. The molecule has 7 heteroatoms. The average Bonchev–Trinajstić information content (AvgIpc) is 3.32. The topological polar surface area (TPSA) is 75.2 Å². The molecule has 2 atom stereocenters. The van der Waals surface area contributed by atoms with Crippen LogP contribution in [0.4, 0.5) is 0 Å². The molecule has 2 unspecified atom stereocenters. The van der Waals surface area contributed by atoms with E-state index in [0.29, 0.717) is 19.7 Å². The van der Waals surface area contributed by atoms with Gasteiger partial charge in [0.25, 0.3) is 0 Å². The van der Waals surface area contributed by atoms with Gasteiger partial charge in [-0.2, -0.15) is 0 Å². The minimum absolute atomic E-state index is 0.125. The Balaban J connectivity index is 1.48. The molecule has 2 N–H and O–H groups in total. The summed E-state index contributed by atoms with van der Waals surface area (Å²) in [7, 11) is 0. The Hall–Kier alpha value is -1.34. The number of aliphatic imine (C=N–C) groups is 1. The first-order valence-corrected chi connectivity index (χ1v) is 9.32. The van der Waals surface area contributed by atoms with E-state index in [1.54, 1.807) is 0 Å². The van der Waals surface area contributed by atoms with Gasteiger partial charge in [0.1, 0.15) is 6.10 Å². The fourth-order valence-corrected chi connectivity index (χ4v) is 3.25. The van der Waals surface area contributed by atoms with E-state index in [1.807, 2.05) is 0 Å². The SMILES string of the molecule is CCNC(=NCCNC(=O)C1CC1)N1CCOC(C2CCCO2)C1. The van der Waals surface area contributed by atoms with E-state index in [2.05, 4.69) is 27.4 Å². The molecule has 0 bridgehead atoms. The lowest BCUT2D eigenvalue weighted by Crippen LogP contribution is -2.53. The summed E-state index contributed by atoms with van der Waals surface area (Å²) in [6.45, 7) is 7.30. The average molecular weight is 338 g/mol. The summed E-state index contributed by atoms with van der Waals surface area (Å²) in [5, 5.41) is 6.32. The molecule has 2 heterocycles. The van der Waals surface area contributed by atoms with Crippen LogP contribution in [0, 0.1) is 5.92 Å². The predicted octanol–water partition coefficient (Wildman–Crippen LogP) is 0.358. The molecule has 3 rings (SSSR count). The van der Waals surface area contributed by atoms with Crippen LogP contribution in [-0.2, 0) is 14.3 Å². The fraction of sp³-hybridized carbons (Fsp3) is 0.882. The molecule has 3 fully saturated rings. The number of carbonyl (C=O) groups is 1. The Labute approximate surface area is 144 Å². The van der Waals surface area contributed by atoms with Crippen molar-refractivity contribution in [2.75, 3.05) is 45.9 Å². The molecule has 7 nitrogen and oxygen atoms in total. The highest BCUT2D eigenvalue weighted by Crippen LogP contribution is 2.28. The summed E-state index contributed by atoms with van der Waals surface area (Å²) in [6, 6.07) is 0. The van der Waals surface area contributed by atoms with E-state index in [0.717, 1.165) is 57.9 Å². The van der Waals surface area contributed by atoms with Crippen LogP contribution in [0.3, 0.4) is 0 Å². The second-order valence-corrected chi connectivity index (χ2v) is 6.71. The van der Waals surface area contributed by atoms with Crippen molar-refractivity contribution in [2.24, 2.45) is 10.9 Å². The molecule has 0 radical (unpaired) electrons. The van der Waals surface area contributed by atoms with Gasteiger partial charge in [-0.1, -0.05) is 0 Å². The molecule has 136 valence electrons. The summed E-state index contributed by atoms with van der Waals surface area (Å²) in [5.74, 6) is 1.35. The van der Waals surface area contributed by atoms with Gasteiger partial charge < -0.3 is 25.0 Å². The number of nitrogens with one attached hydrogen (secondary N) is 2. The standard InChI is InChI=1S/C17H30N4O3/c1-2-18-17(20-8-7-19-16(22)13-5-6-13)21-9-11-24-15(12-21)14-4-3-10-23-14/h13-15H,2-12H2,1H3,(H,18,20)(H,19,22). The first-order valence-electron chi connectivity index (χ1n) is 9.32. The second-order valence-electron chi connectivity index (χ2n) is 6.71. The summed E-state index contributed by atoms with van der Waals surface area (Å²) in [6.07, 6.45) is 4.62. The summed E-state index contributed by atoms with van der Waals surface area (Å²) < 4.78 is 11.7. The van der Waals surface area contributed by atoms with Crippen LogP contribution >= 0.6 is 0 Å². The number of nitrogens with zero attached hydrogens (tertiary/aromatic N) is 2. The third-order valence-corrected chi connectivity index (χ3v) is 4.73. The Morgan fingerprint density at radius 2 is 2.00 bits per heavy atom. The van der Waals surface area contributed by atoms with Crippen molar-refractivity contribution in [1.82, 2.24) is 15.5 Å². The molecule has 2 aliphatic heterocycles. The Kier molecular flexibility index (Phi) is 6.31. The number of morpholine rings is 1. The number of ether oxygens (including phenoxy) is 2. The smallest absolute Gasteiger partial charge is 0.223 e. The van der Waals surface area contributed by atoms with Crippen molar-refractivity contribution in [1.29, 1.82) is 0 Å². The molecule has 0 aromatic rings. The lowest BCUT2D eigenvalue weighted by Gasteiger charge is -2.37. The van der Waals surface area contributed by atoms with E-state index in [-0.39, 0.29) is 24.0 Å². The van der Waals surface area contributed by atoms with Crippen LogP contribution in [-0.4, -0.2) is 74.9 Å². The van der Waals surface area contributed by atoms with Crippen LogP contribution in [0.15, 0.2) is 4.99 Å². The van der Waals surface area contributed by atoms with Gasteiger partial charge in [-0.25, -0.2) is 0 Å². The van der Waals surface area contributed by atoms with Gasteiger partial charge in [-0.05, 0) is 32.6 Å². The van der Waals surface area contributed by atoms with Gasteiger partial charge in [0.2, 0.25) is 5.91 Å². The van der Waals surface area contributed by atoms with Crippen molar-refractivity contribution in [2.45, 2.75) is 44.8 Å². The van der Waals surface area contributed by atoms with E-state index in [4.69, 9.17) is 9.47 Å². The van der Waals surface area contributed by atoms with Crippen molar-refractivity contribution in [3.05, 3.63) is 0 Å². The zero-order chi connectivity index (χ0) is 16.8. The number of amides is 1. The number of guanidine groups is 1. The van der Waals surface area contributed by atoms with Gasteiger partial charge in [-0.3, -0.25) is 9.79 Å². The monoisotopic (exact) mass is 338 g/mol. The van der Waals surface area contributed by atoms with Gasteiger partial charge in [-0.15, -0.1) is 0 Å². The largest absolute Gasteiger partial charge is 0.375 e. The molecule has 0 aromatic heterocycles. The van der Waals surface area contributed by atoms with Gasteiger partial charge in [0.05, 0.1) is 19.3 Å². The number of rotatable bonds is 6. The van der Waals surface area contributed by atoms with Gasteiger partial charge in [0, 0.05) is 38.7 Å². The number of carbonyl (C=O) groups excluding carboxylic acids is 1. The first-order chi connectivity index (χ1) is 11.8. The minimum Gasteiger partial charge on any atom is -0.375 e. The third-order valence-electron chi connectivity index (χ3n) is 4.73. The summed E-state index contributed by atoms with van der Waals surface area (Å²) in [4.78, 5) is 18.6. The molecule has 1 amide bonds. The van der Waals surface area contributed by atoms with E-state index >= 15 is 0 Å². The molecule has 2 saturated heterocycles. The van der Waals surface area contributed by atoms with Crippen LogP contribution in [0.1, 0.15) is 32.6 Å². The van der Waals surface area contributed by atoms with Crippen molar-refractivity contribution < 1.29 is 14.3 Å². The lowest BCUT2D eigenvalue weighted by atomic mass is 10.1. The Morgan fingerprint density at radius 3 is 2.71 bits per heavy atom. The normalized spacial score (nSPS) is 28.0. The van der Waals surface area contributed by atoms with Crippen molar-refractivity contribution in [3.63, 3.8) is 0 Å². The Morgan fingerprint density at radius 1 is 1.17 bits per heavy atom. The fourth-order valence-electron chi connectivity index (χ4n) is 3.25. The minimum atomic E-state index is 0.125. The van der Waals surface area contributed by atoms with Crippen molar-refractivity contribution >= 4 is 11.9 Å². The van der Waals surface area contributed by atoms with Crippen LogP contribution < -0.4 is 10.6 Å². The maximum atomic E-state index is 11.7. The third kappa shape index (κ3) is 4.83. The molecule has 0 spiro atoms. The molecule has 3 aliphatic rings. The maximum Gasteiger partial charge on any atom is 0.223 e. The summed E-state index contributed by atoms with van der Waals surface area (Å²) in [5.41, 5.74) is 0. The highest BCUT2D eigenvalue weighted by Gasteiger charge is 2.32. The zero-order valence-electron chi connectivity index (χ0n) is 14.6. The van der Waals surface area contributed by atoms with Crippen LogP contribution in [0.5, 0.6) is 0 Å². The van der Waals surface area contributed by atoms with Crippen molar-refractivity contribution in [3.8, 4) is 0 Å². The molecular formula is C17H30N4O3. The second kappa shape index (κ2) is 8.67. The van der Waals surface area contributed by atoms with Gasteiger partial charge >= 0.3 is 0 Å². The van der Waals surface area contributed by atoms with Gasteiger partial charge in [0.15, 0.2) is 5.96 Å². The molecule has 24 heavy (non-hydrogen) atoms. The lowest BCUT2D eigenvalue weighted by molar-refractivity contribution is -0.122. The van der Waals surface area contributed by atoms with E-state index in [9.17, 15) is 4.79 Å². The Bertz CT molecular complexity index is 447. The summed E-state index contributed by atoms with van der Waals surface area (Å²) >= 11 is 0. The molecule has 1 saturated carbocycles. The zero-order valence-corrected chi connectivity index (χ0v) is 14.6. The number of hydrogen-bond acceptors (Lipinski definition) is 4. The van der Waals surface area contributed by atoms with E-state index < -0.39 is 0 Å². The molecule has 1 aliphatic carbocycles. The van der Waals surface area contributed by atoms with Crippen LogP contribution in [0.2, 0.25) is 0 Å². The van der Waals surface area contributed by atoms with E-state index in [1.165, 1.54) is 0 Å². The quantitative estimate of drug-likeness (QED) is 0.415.